The number of rotatable bonds is 8. The standard InChI is InChI=1S/C16H32N2O2/c1-3-4-9-12-18-15(19)14(2)20-13-16(17)10-7-5-6-8-11-16/h14H,3-13,17H2,1-2H3,(H,18,19). The minimum absolute atomic E-state index is 0.0154. The van der Waals surface area contributed by atoms with Crippen molar-refractivity contribution in [2.24, 2.45) is 5.73 Å². The van der Waals surface area contributed by atoms with Crippen molar-refractivity contribution >= 4 is 5.91 Å². The van der Waals surface area contributed by atoms with E-state index in [0.29, 0.717) is 6.61 Å². The molecule has 1 aliphatic carbocycles. The molecule has 1 aliphatic rings. The van der Waals surface area contributed by atoms with Gasteiger partial charge in [-0.3, -0.25) is 4.79 Å². The van der Waals surface area contributed by atoms with E-state index in [0.717, 1.165) is 38.6 Å². The van der Waals surface area contributed by atoms with Crippen molar-refractivity contribution in [3.63, 3.8) is 0 Å². The predicted octanol–water partition coefficient (Wildman–Crippen LogP) is 2.75. The van der Waals surface area contributed by atoms with E-state index in [4.69, 9.17) is 10.5 Å². The van der Waals surface area contributed by atoms with Crippen molar-refractivity contribution in [1.82, 2.24) is 5.32 Å². The summed E-state index contributed by atoms with van der Waals surface area (Å²) in [5.41, 5.74) is 6.16. The normalized spacial score (nSPS) is 20.1. The van der Waals surface area contributed by atoms with Gasteiger partial charge in [-0.05, 0) is 26.2 Å². The predicted molar refractivity (Wildman–Crippen MR) is 82.6 cm³/mol. The van der Waals surface area contributed by atoms with Crippen LogP contribution in [-0.2, 0) is 9.53 Å². The van der Waals surface area contributed by atoms with Crippen LogP contribution in [0.3, 0.4) is 0 Å². The molecule has 1 unspecified atom stereocenters. The summed E-state index contributed by atoms with van der Waals surface area (Å²) in [6, 6.07) is 0. The molecule has 0 heterocycles. The lowest BCUT2D eigenvalue weighted by Gasteiger charge is -2.29. The molecule has 1 fully saturated rings. The van der Waals surface area contributed by atoms with E-state index < -0.39 is 6.10 Å². The lowest BCUT2D eigenvalue weighted by Crippen LogP contribution is -2.46. The molecule has 0 aromatic rings. The van der Waals surface area contributed by atoms with Gasteiger partial charge in [0.05, 0.1) is 6.61 Å². The molecule has 0 aromatic carbocycles. The maximum Gasteiger partial charge on any atom is 0.248 e. The summed E-state index contributed by atoms with van der Waals surface area (Å²) in [5.74, 6) is -0.0154. The number of hydrogen-bond donors (Lipinski definition) is 2. The lowest BCUT2D eigenvalue weighted by atomic mass is 9.92. The first-order valence-corrected chi connectivity index (χ1v) is 8.25. The first kappa shape index (κ1) is 17.4. The molecule has 0 spiro atoms. The van der Waals surface area contributed by atoms with Gasteiger partial charge in [-0.2, -0.15) is 0 Å². The van der Waals surface area contributed by atoms with Crippen molar-refractivity contribution in [2.45, 2.75) is 83.3 Å². The average Bonchev–Trinajstić information content (AvgIpc) is 2.66. The van der Waals surface area contributed by atoms with Gasteiger partial charge < -0.3 is 15.8 Å². The monoisotopic (exact) mass is 284 g/mol. The second-order valence-electron chi connectivity index (χ2n) is 6.23. The maximum atomic E-state index is 11.9. The van der Waals surface area contributed by atoms with Gasteiger partial charge in [-0.1, -0.05) is 45.4 Å². The van der Waals surface area contributed by atoms with Crippen LogP contribution in [0.2, 0.25) is 0 Å². The van der Waals surface area contributed by atoms with Crippen LogP contribution in [0.4, 0.5) is 0 Å². The first-order chi connectivity index (χ1) is 9.57. The van der Waals surface area contributed by atoms with E-state index in [-0.39, 0.29) is 11.4 Å². The third kappa shape index (κ3) is 6.71. The third-order valence-corrected chi connectivity index (χ3v) is 4.17. The molecular weight excluding hydrogens is 252 g/mol. The highest BCUT2D eigenvalue weighted by molar-refractivity contribution is 5.80. The van der Waals surface area contributed by atoms with Crippen molar-refractivity contribution < 1.29 is 9.53 Å². The third-order valence-electron chi connectivity index (χ3n) is 4.17. The molecule has 1 saturated carbocycles. The fourth-order valence-corrected chi connectivity index (χ4v) is 2.67. The Hall–Kier alpha value is -0.610. The summed E-state index contributed by atoms with van der Waals surface area (Å²) in [6.45, 7) is 5.21. The van der Waals surface area contributed by atoms with E-state index >= 15 is 0 Å². The molecule has 1 amide bonds. The number of nitrogens with two attached hydrogens (primary N) is 1. The van der Waals surface area contributed by atoms with Gasteiger partial charge in [0.25, 0.3) is 0 Å². The summed E-state index contributed by atoms with van der Waals surface area (Å²) in [4.78, 5) is 11.9. The summed E-state index contributed by atoms with van der Waals surface area (Å²) >= 11 is 0. The summed E-state index contributed by atoms with van der Waals surface area (Å²) < 4.78 is 5.72. The second-order valence-corrected chi connectivity index (χ2v) is 6.23. The van der Waals surface area contributed by atoms with Crippen LogP contribution in [0, 0.1) is 0 Å². The van der Waals surface area contributed by atoms with E-state index in [2.05, 4.69) is 12.2 Å². The van der Waals surface area contributed by atoms with Crippen LogP contribution < -0.4 is 11.1 Å². The van der Waals surface area contributed by atoms with Gasteiger partial charge in [-0.15, -0.1) is 0 Å². The molecule has 1 rings (SSSR count). The van der Waals surface area contributed by atoms with Crippen LogP contribution >= 0.6 is 0 Å². The second kappa shape index (κ2) is 9.35. The number of amides is 1. The highest BCUT2D eigenvalue weighted by Gasteiger charge is 2.28. The Balaban J connectivity index is 2.23. The summed E-state index contributed by atoms with van der Waals surface area (Å²) in [6.07, 6.45) is 9.87. The SMILES string of the molecule is CCCCCNC(=O)C(C)OCC1(N)CCCCCC1. The number of nitrogens with one attached hydrogen (secondary N) is 1. The molecule has 20 heavy (non-hydrogen) atoms. The zero-order valence-electron chi connectivity index (χ0n) is 13.2. The minimum Gasteiger partial charge on any atom is -0.367 e. The fraction of sp³-hybridized carbons (Fsp3) is 0.938. The Morgan fingerprint density at radius 3 is 2.50 bits per heavy atom. The molecular formula is C16H32N2O2. The highest BCUT2D eigenvalue weighted by Crippen LogP contribution is 2.25. The zero-order valence-corrected chi connectivity index (χ0v) is 13.2. The molecule has 4 nitrogen and oxygen atoms in total. The zero-order chi connectivity index (χ0) is 14.8. The Morgan fingerprint density at radius 2 is 1.90 bits per heavy atom. The van der Waals surface area contributed by atoms with Crippen molar-refractivity contribution in [3.05, 3.63) is 0 Å². The van der Waals surface area contributed by atoms with E-state index in [1.165, 1.54) is 25.7 Å². The van der Waals surface area contributed by atoms with E-state index in [1.54, 1.807) is 0 Å². The molecule has 118 valence electrons. The van der Waals surface area contributed by atoms with Crippen LogP contribution in [0.25, 0.3) is 0 Å². The number of unbranched alkanes of at least 4 members (excludes halogenated alkanes) is 2. The molecule has 3 N–H and O–H groups in total. The smallest absolute Gasteiger partial charge is 0.248 e. The van der Waals surface area contributed by atoms with Gasteiger partial charge in [-0.25, -0.2) is 0 Å². The molecule has 1 atom stereocenters. The van der Waals surface area contributed by atoms with Gasteiger partial charge in [0.1, 0.15) is 6.10 Å². The van der Waals surface area contributed by atoms with E-state index in [1.807, 2.05) is 6.92 Å². The summed E-state index contributed by atoms with van der Waals surface area (Å²) in [5, 5.41) is 2.93. The quantitative estimate of drug-likeness (QED) is 0.532. The lowest BCUT2D eigenvalue weighted by molar-refractivity contribution is -0.132. The Labute approximate surface area is 123 Å². The van der Waals surface area contributed by atoms with Crippen molar-refractivity contribution in [1.29, 1.82) is 0 Å². The maximum absolute atomic E-state index is 11.9. The van der Waals surface area contributed by atoms with Gasteiger partial charge in [0.2, 0.25) is 5.91 Å². The molecule has 0 saturated heterocycles. The Morgan fingerprint density at radius 1 is 1.25 bits per heavy atom. The molecule has 4 heteroatoms. The van der Waals surface area contributed by atoms with Crippen LogP contribution in [0.1, 0.15) is 71.6 Å². The molecule has 0 bridgehead atoms. The van der Waals surface area contributed by atoms with Crippen LogP contribution in [0.5, 0.6) is 0 Å². The largest absolute Gasteiger partial charge is 0.367 e. The summed E-state index contributed by atoms with van der Waals surface area (Å²) in [7, 11) is 0. The number of carbonyl (C=O) groups excluding carboxylic acids is 1. The number of hydrogen-bond acceptors (Lipinski definition) is 3. The van der Waals surface area contributed by atoms with Gasteiger partial charge in [0, 0.05) is 12.1 Å². The number of carbonyl (C=O) groups is 1. The average molecular weight is 284 g/mol. The van der Waals surface area contributed by atoms with E-state index in [9.17, 15) is 4.79 Å². The highest BCUT2D eigenvalue weighted by atomic mass is 16.5. The van der Waals surface area contributed by atoms with Crippen LogP contribution in [-0.4, -0.2) is 30.7 Å². The van der Waals surface area contributed by atoms with Crippen LogP contribution in [0.15, 0.2) is 0 Å². The minimum atomic E-state index is -0.402. The Kier molecular flexibility index (Phi) is 8.15. The number of ether oxygens (including phenoxy) is 1. The van der Waals surface area contributed by atoms with Gasteiger partial charge in [0.15, 0.2) is 0 Å². The first-order valence-electron chi connectivity index (χ1n) is 8.25. The Bertz CT molecular complexity index is 274. The topological polar surface area (TPSA) is 64.3 Å². The van der Waals surface area contributed by atoms with Gasteiger partial charge >= 0.3 is 0 Å². The van der Waals surface area contributed by atoms with Crippen molar-refractivity contribution in [2.75, 3.05) is 13.2 Å². The fourth-order valence-electron chi connectivity index (χ4n) is 2.67. The van der Waals surface area contributed by atoms with Crippen molar-refractivity contribution in [3.8, 4) is 0 Å². The molecule has 0 aliphatic heterocycles. The molecule has 0 radical (unpaired) electrons. The molecule has 0 aromatic heterocycles.